The number of thioether (sulfide) groups is 1. The third-order valence-electron chi connectivity index (χ3n) is 3.55. The van der Waals surface area contributed by atoms with Crippen molar-refractivity contribution < 1.29 is 4.79 Å². The molecule has 1 aromatic rings. The molecule has 2 rings (SSSR count). The zero-order chi connectivity index (χ0) is 13.8. The Morgan fingerprint density at radius 2 is 1.79 bits per heavy atom. The van der Waals surface area contributed by atoms with Crippen LogP contribution in [0.4, 0.5) is 0 Å². The van der Waals surface area contributed by atoms with Gasteiger partial charge in [0.25, 0.3) is 0 Å². The smallest absolute Gasteiger partial charge is 0.176 e. The van der Waals surface area contributed by atoms with Gasteiger partial charge in [0.2, 0.25) is 0 Å². The lowest BCUT2D eigenvalue weighted by Crippen LogP contribution is -2.42. The number of nitrogens with zero attached hydrogens (tertiary/aromatic N) is 1. The van der Waals surface area contributed by atoms with Gasteiger partial charge in [-0.1, -0.05) is 45.0 Å². The molecule has 0 spiro atoms. The van der Waals surface area contributed by atoms with Crippen molar-refractivity contribution in [2.24, 2.45) is 0 Å². The van der Waals surface area contributed by atoms with Crippen molar-refractivity contribution in [3.05, 3.63) is 35.4 Å². The molecule has 0 bridgehead atoms. The molecule has 2 atom stereocenters. The van der Waals surface area contributed by atoms with E-state index in [1.165, 1.54) is 5.56 Å². The first kappa shape index (κ1) is 14.6. The van der Waals surface area contributed by atoms with Gasteiger partial charge in [-0.2, -0.15) is 11.8 Å². The molecule has 1 fully saturated rings. The molecule has 3 heteroatoms. The monoisotopic (exact) mass is 277 g/mol. The highest BCUT2D eigenvalue weighted by molar-refractivity contribution is 8.00. The Hall–Kier alpha value is -0.800. The molecule has 1 heterocycles. The second-order valence-electron chi connectivity index (χ2n) is 5.43. The molecule has 19 heavy (non-hydrogen) atoms. The van der Waals surface area contributed by atoms with Gasteiger partial charge in [0.1, 0.15) is 0 Å². The molecule has 104 valence electrons. The SMILES string of the molecule is CCc1ccc(C(=O)CN2CC(C)SC(C)C2)cc1. The number of hydrogen-bond donors (Lipinski definition) is 0. The van der Waals surface area contributed by atoms with Crippen LogP contribution >= 0.6 is 11.8 Å². The van der Waals surface area contributed by atoms with E-state index in [0.29, 0.717) is 17.0 Å². The van der Waals surface area contributed by atoms with Gasteiger partial charge < -0.3 is 0 Å². The van der Waals surface area contributed by atoms with Crippen LogP contribution in [-0.2, 0) is 6.42 Å². The highest BCUT2D eigenvalue weighted by Crippen LogP contribution is 2.24. The van der Waals surface area contributed by atoms with E-state index in [1.807, 2.05) is 23.9 Å². The number of ketones is 1. The van der Waals surface area contributed by atoms with Crippen molar-refractivity contribution in [3.63, 3.8) is 0 Å². The average molecular weight is 277 g/mol. The molecule has 0 N–H and O–H groups in total. The topological polar surface area (TPSA) is 20.3 Å². The van der Waals surface area contributed by atoms with Crippen molar-refractivity contribution in [2.45, 2.75) is 37.7 Å². The highest BCUT2D eigenvalue weighted by atomic mass is 32.2. The van der Waals surface area contributed by atoms with E-state index in [1.54, 1.807) is 0 Å². The maximum absolute atomic E-state index is 12.3. The predicted molar refractivity (Wildman–Crippen MR) is 83.1 cm³/mol. The molecule has 1 aromatic carbocycles. The molecule has 1 aliphatic rings. The van der Waals surface area contributed by atoms with Gasteiger partial charge in [-0.15, -0.1) is 0 Å². The maximum atomic E-state index is 12.3. The number of carbonyl (C=O) groups excluding carboxylic acids is 1. The molecule has 2 nitrogen and oxygen atoms in total. The van der Waals surface area contributed by atoms with Gasteiger partial charge in [-0.25, -0.2) is 0 Å². The molecule has 1 saturated heterocycles. The zero-order valence-corrected chi connectivity index (χ0v) is 12.9. The Morgan fingerprint density at radius 1 is 1.21 bits per heavy atom. The van der Waals surface area contributed by atoms with Crippen LogP contribution in [0.25, 0.3) is 0 Å². The standard InChI is InChI=1S/C16H23NOS/c1-4-14-5-7-15(8-6-14)16(18)11-17-9-12(2)19-13(3)10-17/h5-8,12-13H,4,9-11H2,1-3H3. The van der Waals surface area contributed by atoms with Crippen LogP contribution in [0.1, 0.15) is 36.7 Å². The van der Waals surface area contributed by atoms with Crippen molar-refractivity contribution in [3.8, 4) is 0 Å². The summed E-state index contributed by atoms with van der Waals surface area (Å²) in [5.41, 5.74) is 2.13. The van der Waals surface area contributed by atoms with E-state index in [-0.39, 0.29) is 5.78 Å². The zero-order valence-electron chi connectivity index (χ0n) is 12.1. The van der Waals surface area contributed by atoms with E-state index < -0.39 is 0 Å². The van der Waals surface area contributed by atoms with Crippen LogP contribution in [-0.4, -0.2) is 40.8 Å². The quantitative estimate of drug-likeness (QED) is 0.788. The molecular weight excluding hydrogens is 254 g/mol. The Balaban J connectivity index is 1.96. The third-order valence-corrected chi connectivity index (χ3v) is 4.77. The summed E-state index contributed by atoms with van der Waals surface area (Å²) in [7, 11) is 0. The largest absolute Gasteiger partial charge is 0.294 e. The minimum atomic E-state index is 0.244. The second kappa shape index (κ2) is 6.58. The molecule has 0 aliphatic carbocycles. The van der Waals surface area contributed by atoms with Gasteiger partial charge in [-0.05, 0) is 12.0 Å². The van der Waals surface area contributed by atoms with Crippen LogP contribution < -0.4 is 0 Å². The summed E-state index contributed by atoms with van der Waals surface area (Å²) in [5, 5.41) is 1.25. The first-order chi connectivity index (χ1) is 9.08. The van der Waals surface area contributed by atoms with Crippen LogP contribution in [0.2, 0.25) is 0 Å². The molecule has 0 radical (unpaired) electrons. The summed E-state index contributed by atoms with van der Waals surface area (Å²) in [6.07, 6.45) is 1.02. The van der Waals surface area contributed by atoms with Crippen molar-refractivity contribution >= 4 is 17.5 Å². The fourth-order valence-electron chi connectivity index (χ4n) is 2.63. The fourth-order valence-corrected chi connectivity index (χ4v) is 4.02. The van der Waals surface area contributed by atoms with E-state index in [9.17, 15) is 4.79 Å². The third kappa shape index (κ3) is 4.08. The number of rotatable bonds is 4. The summed E-state index contributed by atoms with van der Waals surface area (Å²) in [4.78, 5) is 14.6. The van der Waals surface area contributed by atoms with E-state index in [0.717, 1.165) is 25.1 Å². The van der Waals surface area contributed by atoms with Crippen LogP contribution in [0, 0.1) is 0 Å². The summed E-state index contributed by atoms with van der Waals surface area (Å²) in [6.45, 7) is 9.22. The minimum absolute atomic E-state index is 0.244. The van der Waals surface area contributed by atoms with Crippen molar-refractivity contribution in [1.29, 1.82) is 0 Å². The van der Waals surface area contributed by atoms with E-state index in [2.05, 4.69) is 37.8 Å². The second-order valence-corrected chi connectivity index (χ2v) is 7.31. The first-order valence-electron chi connectivity index (χ1n) is 7.08. The molecule has 0 aromatic heterocycles. The number of aryl methyl sites for hydroxylation is 1. The van der Waals surface area contributed by atoms with Crippen molar-refractivity contribution in [1.82, 2.24) is 4.90 Å². The first-order valence-corrected chi connectivity index (χ1v) is 8.02. The van der Waals surface area contributed by atoms with E-state index in [4.69, 9.17) is 0 Å². The number of Topliss-reactive ketones (excluding diaryl/α,β-unsaturated/α-hetero) is 1. The Bertz CT molecular complexity index is 419. The van der Waals surface area contributed by atoms with Crippen LogP contribution in [0.15, 0.2) is 24.3 Å². The van der Waals surface area contributed by atoms with Gasteiger partial charge >= 0.3 is 0 Å². The van der Waals surface area contributed by atoms with Gasteiger partial charge in [0, 0.05) is 29.2 Å². The fraction of sp³-hybridized carbons (Fsp3) is 0.562. The minimum Gasteiger partial charge on any atom is -0.294 e. The van der Waals surface area contributed by atoms with Crippen LogP contribution in [0.5, 0.6) is 0 Å². The van der Waals surface area contributed by atoms with Gasteiger partial charge in [0.15, 0.2) is 5.78 Å². The molecule has 2 unspecified atom stereocenters. The number of hydrogen-bond acceptors (Lipinski definition) is 3. The molecular formula is C16H23NOS. The maximum Gasteiger partial charge on any atom is 0.176 e. The number of benzene rings is 1. The lowest BCUT2D eigenvalue weighted by molar-refractivity contribution is 0.0930. The van der Waals surface area contributed by atoms with Crippen molar-refractivity contribution in [2.75, 3.05) is 19.6 Å². The normalized spacial score (nSPS) is 24.4. The van der Waals surface area contributed by atoms with E-state index >= 15 is 0 Å². The highest BCUT2D eigenvalue weighted by Gasteiger charge is 2.23. The lowest BCUT2D eigenvalue weighted by atomic mass is 10.1. The summed E-state index contributed by atoms with van der Waals surface area (Å²) >= 11 is 2.02. The molecule has 0 amide bonds. The predicted octanol–water partition coefficient (Wildman–Crippen LogP) is 3.26. The summed E-state index contributed by atoms with van der Waals surface area (Å²) in [6, 6.07) is 8.05. The van der Waals surface area contributed by atoms with Crippen LogP contribution in [0.3, 0.4) is 0 Å². The molecule has 1 aliphatic heterocycles. The summed E-state index contributed by atoms with van der Waals surface area (Å²) < 4.78 is 0. The molecule has 0 saturated carbocycles. The Morgan fingerprint density at radius 3 is 2.32 bits per heavy atom. The van der Waals surface area contributed by atoms with Gasteiger partial charge in [0.05, 0.1) is 6.54 Å². The summed E-state index contributed by atoms with van der Waals surface area (Å²) in [5.74, 6) is 0.244. The Labute approximate surface area is 120 Å². The van der Waals surface area contributed by atoms with Gasteiger partial charge in [-0.3, -0.25) is 9.69 Å². The Kier molecular flexibility index (Phi) is 5.06. The average Bonchev–Trinajstić information content (AvgIpc) is 2.37. The number of carbonyl (C=O) groups is 1. The lowest BCUT2D eigenvalue weighted by Gasteiger charge is -2.34.